The first-order valence-electron chi connectivity index (χ1n) is 1.00. The molecule has 0 saturated carbocycles. The smallest absolute Gasteiger partial charge is 1.00 e. The van der Waals surface area contributed by atoms with E-state index in [1.165, 1.54) is 10.2 Å². The Hall–Kier alpha value is 2.84. The Bertz CT molecular complexity index is 17.7. The van der Waals surface area contributed by atoms with Crippen LogP contribution in [-0.4, -0.2) is 59.1 Å². The van der Waals surface area contributed by atoms with E-state index in [-0.39, 0.29) is 86.2 Å². The fraction of sp³-hybridized carbons (Fsp3) is 1.00. The molecule has 0 amide bonds. The van der Waals surface area contributed by atoms with Crippen molar-refractivity contribution in [2.24, 2.45) is 0 Å². The van der Waals surface area contributed by atoms with Gasteiger partial charge in [0.25, 0.3) is 0 Å². The molecule has 4 heteroatoms. The third-order valence-electron chi connectivity index (χ3n) is 0. The molecule has 0 aromatic heterocycles. The molecule has 0 heterocycles. The van der Waals surface area contributed by atoms with E-state index in [1.54, 1.807) is 0 Å². The van der Waals surface area contributed by atoms with E-state index < -0.39 is 0 Å². The SMILES string of the molecule is C[SiH3].[Ba+2].[Cr].[Fe].[H-].[H-]. The minimum atomic E-state index is 0. The first kappa shape index (κ1) is 24.9. The van der Waals surface area contributed by atoms with Crippen LogP contribution in [0.5, 0.6) is 0 Å². The van der Waals surface area contributed by atoms with Crippen molar-refractivity contribution in [1.82, 2.24) is 0 Å². The van der Waals surface area contributed by atoms with Crippen molar-refractivity contribution in [2.75, 3.05) is 0 Å². The summed E-state index contributed by atoms with van der Waals surface area (Å²) in [6.45, 7) is 2.14. The molecule has 0 bridgehead atoms. The van der Waals surface area contributed by atoms with Gasteiger partial charge in [0, 0.05) is 34.4 Å². The van der Waals surface area contributed by atoms with Crippen LogP contribution in [0.25, 0.3) is 0 Å². The van der Waals surface area contributed by atoms with Crippen LogP contribution < -0.4 is 0 Å². The zero-order valence-electron chi connectivity index (χ0n) is 5.47. The Kier molecular flexibility index (Phi) is 144. The van der Waals surface area contributed by atoms with Gasteiger partial charge in [0.1, 0.15) is 0 Å². The topological polar surface area (TPSA) is 0 Å². The molecular formula is CH8BaCrFeSi. The van der Waals surface area contributed by atoms with Crippen molar-refractivity contribution < 1.29 is 37.3 Å². The van der Waals surface area contributed by atoms with E-state index >= 15 is 0 Å². The molecule has 0 aromatic rings. The summed E-state index contributed by atoms with van der Waals surface area (Å²) in [7, 11) is 1.31. The summed E-state index contributed by atoms with van der Waals surface area (Å²) in [6.07, 6.45) is 0. The van der Waals surface area contributed by atoms with Crippen molar-refractivity contribution in [1.29, 1.82) is 0 Å². The molecule has 0 aliphatic heterocycles. The fourth-order valence-corrected chi connectivity index (χ4v) is 0. The first-order chi connectivity index (χ1) is 1.00. The molecule has 0 radical (unpaired) electrons. The van der Waals surface area contributed by atoms with E-state index in [2.05, 4.69) is 6.55 Å². The maximum atomic E-state index is 2.14. The first-order valence-corrected chi connectivity index (χ1v) is 3.00. The number of rotatable bonds is 0. The summed E-state index contributed by atoms with van der Waals surface area (Å²) in [5.74, 6) is 0. The van der Waals surface area contributed by atoms with Crippen molar-refractivity contribution in [2.45, 2.75) is 6.55 Å². The summed E-state index contributed by atoms with van der Waals surface area (Å²) in [4.78, 5) is 0. The molecule has 5 heavy (non-hydrogen) atoms. The van der Waals surface area contributed by atoms with Gasteiger partial charge < -0.3 is 2.85 Å². The molecule has 0 aromatic carbocycles. The minimum absolute atomic E-state index is 0. The molecule has 0 rings (SSSR count). The summed E-state index contributed by atoms with van der Waals surface area (Å²) in [5.41, 5.74) is 0. The van der Waals surface area contributed by atoms with Gasteiger partial charge in [-0.3, -0.25) is 0 Å². The Morgan fingerprint density at radius 1 is 1.40 bits per heavy atom. The molecule has 0 nitrogen and oxygen atoms in total. The van der Waals surface area contributed by atoms with Gasteiger partial charge in [0.15, 0.2) is 0 Å². The van der Waals surface area contributed by atoms with E-state index in [9.17, 15) is 0 Å². The second-order valence-electron chi connectivity index (χ2n) is 0. The Balaban J connectivity index is -0.000000000500. The van der Waals surface area contributed by atoms with Crippen LogP contribution in [0.15, 0.2) is 0 Å². The van der Waals surface area contributed by atoms with Crippen LogP contribution >= 0.6 is 0 Å². The van der Waals surface area contributed by atoms with Crippen LogP contribution in [0, 0.1) is 0 Å². The largest absolute Gasteiger partial charge is 2.00 e. The molecule has 0 spiro atoms. The Morgan fingerprint density at radius 3 is 1.40 bits per heavy atom. The quantitative estimate of drug-likeness (QED) is 0.515. The van der Waals surface area contributed by atoms with Gasteiger partial charge in [-0.2, -0.15) is 0 Å². The maximum absolute atomic E-state index is 2.14. The van der Waals surface area contributed by atoms with Crippen LogP contribution in [-0.2, 0) is 34.4 Å². The zero-order chi connectivity index (χ0) is 2.00. The molecule has 0 aliphatic carbocycles. The predicted molar refractivity (Wildman–Crippen MR) is 23.8 cm³/mol. The van der Waals surface area contributed by atoms with E-state index in [1.807, 2.05) is 0 Å². The van der Waals surface area contributed by atoms with E-state index in [0.29, 0.717) is 0 Å². The van der Waals surface area contributed by atoms with Gasteiger partial charge in [0.05, 0.1) is 0 Å². The second-order valence-corrected chi connectivity index (χ2v) is 0. The van der Waals surface area contributed by atoms with Crippen molar-refractivity contribution >= 4 is 59.1 Å². The average Bonchev–Trinajstić information content (AvgIpc) is 1.00. The second kappa shape index (κ2) is 28.9. The summed E-state index contributed by atoms with van der Waals surface area (Å²) >= 11 is 0. The molecule has 0 N–H and O–H groups in total. The number of hydrogen-bond donors (Lipinski definition) is 0. The van der Waals surface area contributed by atoms with Gasteiger partial charge >= 0.3 is 48.9 Å². The standard InChI is InChI=1S/CH6Si.Ba.Cr.Fe.2H/c1-2;;;;;/h1-2H3;;;;;/q;+2;;;2*-1. The molecule has 32 valence electrons. The monoisotopic (exact) mass is 294 g/mol. The van der Waals surface area contributed by atoms with Crippen LogP contribution in [0.3, 0.4) is 0 Å². The van der Waals surface area contributed by atoms with Crippen molar-refractivity contribution in [3.63, 3.8) is 0 Å². The molecule has 0 fully saturated rings. The van der Waals surface area contributed by atoms with Crippen LogP contribution in [0.1, 0.15) is 2.85 Å². The van der Waals surface area contributed by atoms with Gasteiger partial charge in [-0.05, 0) is 10.2 Å². The molecule has 0 atom stereocenters. The van der Waals surface area contributed by atoms with Crippen molar-refractivity contribution in [3.8, 4) is 0 Å². The van der Waals surface area contributed by atoms with Gasteiger partial charge in [-0.25, -0.2) is 0 Å². The maximum Gasteiger partial charge on any atom is 2.00 e. The molecule has 0 unspecified atom stereocenters. The Morgan fingerprint density at radius 2 is 1.40 bits per heavy atom. The minimum Gasteiger partial charge on any atom is -1.00 e. The van der Waals surface area contributed by atoms with Crippen LogP contribution in [0.4, 0.5) is 0 Å². The normalized spacial score (nSPS) is 1.80. The van der Waals surface area contributed by atoms with Gasteiger partial charge in [-0.15, -0.1) is 0 Å². The fourth-order valence-electron chi connectivity index (χ4n) is 0. The summed E-state index contributed by atoms with van der Waals surface area (Å²) < 4.78 is 0. The van der Waals surface area contributed by atoms with Crippen LogP contribution in [0.2, 0.25) is 6.55 Å². The zero-order valence-corrected chi connectivity index (χ0v) is 12.3. The summed E-state index contributed by atoms with van der Waals surface area (Å²) in [6, 6.07) is 0. The molecular weight excluding hydrogens is 285 g/mol. The van der Waals surface area contributed by atoms with Crippen molar-refractivity contribution in [3.05, 3.63) is 0 Å². The molecule has 0 saturated heterocycles. The third kappa shape index (κ3) is 19.9. The summed E-state index contributed by atoms with van der Waals surface area (Å²) in [5, 5.41) is 0. The van der Waals surface area contributed by atoms with E-state index in [4.69, 9.17) is 0 Å². The number of hydrogen-bond acceptors (Lipinski definition) is 0. The Labute approximate surface area is 101 Å². The van der Waals surface area contributed by atoms with Gasteiger partial charge in [-0.1, -0.05) is 6.55 Å². The third-order valence-corrected chi connectivity index (χ3v) is 0. The van der Waals surface area contributed by atoms with E-state index in [0.717, 1.165) is 0 Å². The predicted octanol–water partition coefficient (Wildman–Crippen LogP) is -0.761. The molecule has 0 aliphatic rings. The average molecular weight is 293 g/mol. The van der Waals surface area contributed by atoms with Gasteiger partial charge in [0.2, 0.25) is 0 Å².